The van der Waals surface area contributed by atoms with Crippen molar-refractivity contribution in [2.24, 2.45) is 0 Å². The van der Waals surface area contributed by atoms with Crippen LogP contribution in [0.1, 0.15) is 23.5 Å². The summed E-state index contributed by atoms with van der Waals surface area (Å²) >= 11 is 1.32. The molecule has 0 aliphatic carbocycles. The van der Waals surface area contributed by atoms with Crippen LogP contribution in [0.2, 0.25) is 0 Å². The number of hydrogen-bond acceptors (Lipinski definition) is 5. The van der Waals surface area contributed by atoms with Gasteiger partial charge in [-0.15, -0.1) is 0 Å². The number of benzene rings is 2. The van der Waals surface area contributed by atoms with Crippen LogP contribution in [0, 0.1) is 5.82 Å². The van der Waals surface area contributed by atoms with E-state index in [2.05, 4.69) is 20.6 Å². The maximum atomic E-state index is 13.1. The summed E-state index contributed by atoms with van der Waals surface area (Å²) in [7, 11) is 0. The molecule has 3 N–H and O–H groups in total. The van der Waals surface area contributed by atoms with Gasteiger partial charge in [-0.2, -0.15) is 0 Å². The van der Waals surface area contributed by atoms with Crippen molar-refractivity contribution in [1.29, 1.82) is 0 Å². The maximum absolute atomic E-state index is 13.1. The molecule has 2 heterocycles. The van der Waals surface area contributed by atoms with Gasteiger partial charge in [0.15, 0.2) is 5.16 Å². The monoisotopic (exact) mass is 424 g/mol. The normalized spacial score (nSPS) is 15.2. The van der Waals surface area contributed by atoms with Crippen molar-refractivity contribution in [2.75, 3.05) is 10.6 Å². The minimum atomic E-state index is -0.997. The molecule has 9 heteroatoms. The summed E-state index contributed by atoms with van der Waals surface area (Å²) in [4.78, 5) is 44.6. The van der Waals surface area contributed by atoms with Crippen LogP contribution >= 0.6 is 11.8 Å². The second-order valence-electron chi connectivity index (χ2n) is 6.71. The predicted molar refractivity (Wildman–Crippen MR) is 112 cm³/mol. The third-order valence-corrected chi connectivity index (χ3v) is 5.52. The molecule has 0 saturated carbocycles. The molecule has 30 heavy (non-hydrogen) atoms. The lowest BCUT2D eigenvalue weighted by molar-refractivity contribution is -0.123. The number of halogens is 1. The van der Waals surface area contributed by atoms with Crippen molar-refractivity contribution in [3.8, 4) is 0 Å². The molecule has 0 bridgehead atoms. The van der Waals surface area contributed by atoms with Crippen molar-refractivity contribution in [2.45, 2.75) is 23.2 Å². The minimum Gasteiger partial charge on any atom is -0.326 e. The number of carbonyl (C=O) groups is 2. The first-order chi connectivity index (χ1) is 14.5. The molecule has 1 aliphatic heterocycles. The summed E-state index contributed by atoms with van der Waals surface area (Å²) in [6.45, 7) is 0. The van der Waals surface area contributed by atoms with Gasteiger partial charge in [0.1, 0.15) is 11.6 Å². The summed E-state index contributed by atoms with van der Waals surface area (Å²) < 4.78 is 13.1. The third-order valence-electron chi connectivity index (χ3n) is 4.58. The van der Waals surface area contributed by atoms with E-state index in [9.17, 15) is 18.8 Å². The Morgan fingerprint density at radius 2 is 1.87 bits per heavy atom. The molecule has 1 aliphatic rings. The van der Waals surface area contributed by atoms with Crippen molar-refractivity contribution < 1.29 is 14.0 Å². The Kier molecular flexibility index (Phi) is 5.62. The van der Waals surface area contributed by atoms with Gasteiger partial charge in [0.25, 0.3) is 5.56 Å². The average Bonchev–Trinajstić information content (AvgIpc) is 2.73. The summed E-state index contributed by atoms with van der Waals surface area (Å²) in [5.41, 5.74) is 1.06. The third kappa shape index (κ3) is 4.41. The molecule has 1 atom stereocenters. The lowest BCUT2D eigenvalue weighted by atomic mass is 9.92. The highest BCUT2D eigenvalue weighted by Gasteiger charge is 2.34. The number of amides is 2. The van der Waals surface area contributed by atoms with Gasteiger partial charge in [0, 0.05) is 17.9 Å². The number of carbonyl (C=O) groups excluding carboxylic acids is 2. The Hall–Kier alpha value is -3.46. The van der Waals surface area contributed by atoms with Crippen LogP contribution in [0.4, 0.5) is 15.9 Å². The van der Waals surface area contributed by atoms with Crippen molar-refractivity contribution >= 4 is 35.1 Å². The van der Waals surface area contributed by atoms with Gasteiger partial charge in [-0.1, -0.05) is 42.1 Å². The molecule has 0 saturated heterocycles. The van der Waals surface area contributed by atoms with Gasteiger partial charge < -0.3 is 15.6 Å². The van der Waals surface area contributed by atoms with Crippen LogP contribution in [0.5, 0.6) is 0 Å². The van der Waals surface area contributed by atoms with Crippen LogP contribution in [-0.2, 0) is 15.3 Å². The Labute approximate surface area is 175 Å². The molecular weight excluding hydrogens is 407 g/mol. The van der Waals surface area contributed by atoms with E-state index >= 15 is 0 Å². The number of aromatic nitrogens is 2. The van der Waals surface area contributed by atoms with Crippen molar-refractivity contribution in [3.63, 3.8) is 0 Å². The Balaban J connectivity index is 1.57. The zero-order chi connectivity index (χ0) is 21.1. The first kappa shape index (κ1) is 19.8. The Bertz CT molecular complexity index is 1150. The average molecular weight is 424 g/mol. The van der Waals surface area contributed by atoms with Gasteiger partial charge in [-0.25, -0.2) is 9.37 Å². The molecule has 0 fully saturated rings. The minimum absolute atomic E-state index is 0.0878. The Morgan fingerprint density at radius 3 is 2.60 bits per heavy atom. The number of hydrogen-bond donors (Lipinski definition) is 3. The van der Waals surface area contributed by atoms with Gasteiger partial charge in [-0.05, 0) is 29.8 Å². The van der Waals surface area contributed by atoms with Crippen LogP contribution < -0.4 is 16.2 Å². The van der Waals surface area contributed by atoms with E-state index in [0.29, 0.717) is 16.6 Å². The number of nitrogens with zero attached hydrogens (tertiary/aromatic N) is 1. The lowest BCUT2D eigenvalue weighted by Gasteiger charge is -2.23. The van der Waals surface area contributed by atoms with E-state index in [1.807, 2.05) is 30.3 Å². The van der Waals surface area contributed by atoms with Crippen LogP contribution in [0.25, 0.3) is 0 Å². The fourth-order valence-corrected chi connectivity index (χ4v) is 3.95. The second-order valence-corrected chi connectivity index (χ2v) is 7.67. The Morgan fingerprint density at radius 1 is 1.13 bits per heavy atom. The summed E-state index contributed by atoms with van der Waals surface area (Å²) in [6, 6.07) is 14.9. The fraction of sp³-hybridized carbons (Fsp3) is 0.143. The molecule has 0 spiro atoms. The first-order valence-corrected chi connectivity index (χ1v) is 10.2. The number of rotatable bonds is 5. The second kappa shape index (κ2) is 8.50. The highest BCUT2D eigenvalue weighted by molar-refractivity contribution is 7.98. The molecule has 0 radical (unpaired) electrons. The smallest absolute Gasteiger partial charge is 0.257 e. The van der Waals surface area contributed by atoms with Gasteiger partial charge in [0.05, 0.1) is 11.5 Å². The molecule has 1 aromatic heterocycles. The van der Waals surface area contributed by atoms with E-state index in [1.165, 1.54) is 36.0 Å². The van der Waals surface area contributed by atoms with Gasteiger partial charge in [-0.3, -0.25) is 14.4 Å². The molecule has 2 amide bonds. The van der Waals surface area contributed by atoms with E-state index in [4.69, 9.17) is 0 Å². The molecule has 4 rings (SSSR count). The van der Waals surface area contributed by atoms with Crippen molar-refractivity contribution in [3.05, 3.63) is 81.9 Å². The number of aromatic amines is 1. The topological polar surface area (TPSA) is 104 Å². The molecular formula is C21H17FN4O3S. The summed E-state index contributed by atoms with van der Waals surface area (Å²) in [6.07, 6.45) is -0.179. The van der Waals surface area contributed by atoms with Crippen molar-refractivity contribution in [1.82, 2.24) is 9.97 Å². The molecule has 152 valence electrons. The lowest BCUT2D eigenvalue weighted by Crippen LogP contribution is -2.36. The van der Waals surface area contributed by atoms with E-state index in [0.717, 1.165) is 5.56 Å². The number of anilines is 2. The first-order valence-electron chi connectivity index (χ1n) is 9.17. The van der Waals surface area contributed by atoms with E-state index < -0.39 is 29.1 Å². The summed E-state index contributed by atoms with van der Waals surface area (Å²) in [5, 5.41) is 5.55. The van der Waals surface area contributed by atoms with Crippen LogP contribution in [-0.4, -0.2) is 21.8 Å². The predicted octanol–water partition coefficient (Wildman–Crippen LogP) is 3.27. The standard InChI is InChI=1S/C21H17FN4O3S/c22-13-6-8-14(9-7-13)23-19(28)15-10-16(27)24-18-17(15)20(29)26-21(25-18)30-11-12-4-2-1-3-5-12/h1-9,15H,10-11H2,(H,23,28)(H2,24,25,26,27,29)/t15-/m1/s1. The largest absolute Gasteiger partial charge is 0.326 e. The number of fused-ring (bicyclic) bond motifs is 1. The van der Waals surface area contributed by atoms with Crippen LogP contribution in [0.15, 0.2) is 64.5 Å². The summed E-state index contributed by atoms with van der Waals surface area (Å²) in [5.74, 6) is -1.69. The van der Waals surface area contributed by atoms with Gasteiger partial charge in [0.2, 0.25) is 11.8 Å². The quantitative estimate of drug-likeness (QED) is 0.431. The molecule has 3 aromatic rings. The number of thioether (sulfide) groups is 1. The fourth-order valence-electron chi connectivity index (χ4n) is 3.13. The number of nitrogens with one attached hydrogen (secondary N) is 3. The highest BCUT2D eigenvalue weighted by Crippen LogP contribution is 2.31. The molecule has 0 unspecified atom stereocenters. The van der Waals surface area contributed by atoms with Gasteiger partial charge >= 0.3 is 0 Å². The van der Waals surface area contributed by atoms with E-state index in [1.54, 1.807) is 0 Å². The maximum Gasteiger partial charge on any atom is 0.257 e. The zero-order valence-electron chi connectivity index (χ0n) is 15.6. The molecule has 7 nitrogen and oxygen atoms in total. The van der Waals surface area contributed by atoms with E-state index in [-0.39, 0.29) is 17.8 Å². The van der Waals surface area contributed by atoms with Crippen LogP contribution in [0.3, 0.4) is 0 Å². The zero-order valence-corrected chi connectivity index (χ0v) is 16.5. The number of H-pyrrole nitrogens is 1. The molecule has 2 aromatic carbocycles. The highest BCUT2D eigenvalue weighted by atomic mass is 32.2. The SMILES string of the molecule is O=C1C[C@@H](C(=O)Nc2ccc(F)cc2)c2c(nc(SCc3ccccc3)[nH]c2=O)N1.